The molecule has 0 atom stereocenters. The van der Waals surface area contributed by atoms with E-state index in [-0.39, 0.29) is 29.2 Å². The van der Waals surface area contributed by atoms with Gasteiger partial charge in [-0.05, 0) is 40.8 Å². The second kappa shape index (κ2) is 9.95. The fraction of sp³-hybridized carbons (Fsp3) is 0.409. The number of carbonyl (C=O) groups excluding carboxylic acids is 1. The number of methoxy groups -OCH3 is 2. The summed E-state index contributed by atoms with van der Waals surface area (Å²) < 4.78 is 37.7. The molecule has 0 fully saturated rings. The summed E-state index contributed by atoms with van der Waals surface area (Å²) in [5, 5.41) is 2.77. The molecule has 0 spiro atoms. The van der Waals surface area contributed by atoms with Crippen LogP contribution in [0.15, 0.2) is 47.4 Å². The number of sulfonamides is 1. The molecule has 2 N–H and O–H groups in total. The number of hydrogen-bond donors (Lipinski definition) is 2. The molecule has 0 aromatic heterocycles. The molecule has 2 aromatic rings. The van der Waals surface area contributed by atoms with Crippen LogP contribution in [0.2, 0.25) is 0 Å². The topological polar surface area (TPSA) is 93.7 Å². The van der Waals surface area contributed by atoms with Crippen LogP contribution in [0.4, 0.5) is 0 Å². The maximum Gasteiger partial charge on any atom is 0.240 e. The number of carbonyl (C=O) groups is 1. The summed E-state index contributed by atoms with van der Waals surface area (Å²) in [5.74, 6) is 0.933. The Kier molecular flexibility index (Phi) is 7.86. The molecule has 0 aliphatic heterocycles. The lowest BCUT2D eigenvalue weighted by Crippen LogP contribution is -2.30. The molecule has 0 radical (unpaired) electrons. The summed E-state index contributed by atoms with van der Waals surface area (Å²) in [6.45, 7) is 6.52. The van der Waals surface area contributed by atoms with Crippen molar-refractivity contribution in [3.05, 3.63) is 53.6 Å². The predicted octanol–water partition coefficient (Wildman–Crippen LogP) is 2.99. The van der Waals surface area contributed by atoms with Crippen LogP contribution in [0.25, 0.3) is 0 Å². The zero-order valence-corrected chi connectivity index (χ0v) is 18.9. The van der Waals surface area contributed by atoms with Gasteiger partial charge in [0.15, 0.2) is 11.5 Å². The quantitative estimate of drug-likeness (QED) is 0.633. The largest absolute Gasteiger partial charge is 0.493 e. The third kappa shape index (κ3) is 6.47. The van der Waals surface area contributed by atoms with Crippen LogP contribution in [-0.4, -0.2) is 35.1 Å². The highest BCUT2D eigenvalue weighted by molar-refractivity contribution is 7.89. The van der Waals surface area contributed by atoms with Crippen LogP contribution in [0, 0.1) is 0 Å². The van der Waals surface area contributed by atoms with Gasteiger partial charge in [0.1, 0.15) is 0 Å². The van der Waals surface area contributed by atoms with Gasteiger partial charge < -0.3 is 14.8 Å². The van der Waals surface area contributed by atoms with Gasteiger partial charge in [0, 0.05) is 19.5 Å². The Bertz CT molecular complexity index is 964. The summed E-state index contributed by atoms with van der Waals surface area (Å²) in [5.41, 5.74) is 1.85. The average Bonchev–Trinajstić information content (AvgIpc) is 2.71. The van der Waals surface area contributed by atoms with E-state index in [9.17, 15) is 13.2 Å². The van der Waals surface area contributed by atoms with Crippen molar-refractivity contribution in [3.63, 3.8) is 0 Å². The molecule has 0 unspecified atom stereocenters. The van der Waals surface area contributed by atoms with Crippen LogP contribution < -0.4 is 19.5 Å². The van der Waals surface area contributed by atoms with Crippen LogP contribution in [0.3, 0.4) is 0 Å². The Morgan fingerprint density at radius 3 is 2.17 bits per heavy atom. The molecule has 0 saturated heterocycles. The Labute approximate surface area is 178 Å². The zero-order valence-electron chi connectivity index (χ0n) is 18.1. The molecule has 7 nitrogen and oxygen atoms in total. The first-order chi connectivity index (χ1) is 14.1. The molecule has 30 heavy (non-hydrogen) atoms. The lowest BCUT2D eigenvalue weighted by molar-refractivity contribution is -0.121. The average molecular weight is 435 g/mol. The molecule has 8 heteroatoms. The highest BCUT2D eigenvalue weighted by Gasteiger charge is 2.17. The smallest absolute Gasteiger partial charge is 0.240 e. The van der Waals surface area contributed by atoms with E-state index in [1.54, 1.807) is 38.5 Å². The van der Waals surface area contributed by atoms with E-state index in [1.807, 2.05) is 18.2 Å². The van der Waals surface area contributed by atoms with Crippen molar-refractivity contribution >= 4 is 15.9 Å². The van der Waals surface area contributed by atoms with Gasteiger partial charge in [0.05, 0.1) is 19.1 Å². The second-order valence-corrected chi connectivity index (χ2v) is 9.66. The van der Waals surface area contributed by atoms with E-state index in [4.69, 9.17) is 9.47 Å². The van der Waals surface area contributed by atoms with Crippen molar-refractivity contribution in [1.29, 1.82) is 0 Å². The molecule has 0 aliphatic carbocycles. The minimum absolute atomic E-state index is 0.0150. The Hall–Kier alpha value is -2.58. The van der Waals surface area contributed by atoms with Crippen LogP contribution in [-0.2, 0) is 26.8 Å². The van der Waals surface area contributed by atoms with E-state index < -0.39 is 10.0 Å². The third-order valence-corrected chi connectivity index (χ3v) is 6.09. The molecule has 0 aliphatic rings. The number of amides is 1. The molecule has 0 bridgehead atoms. The zero-order chi connectivity index (χ0) is 22.4. The highest BCUT2D eigenvalue weighted by atomic mass is 32.2. The first-order valence-electron chi connectivity index (χ1n) is 9.64. The van der Waals surface area contributed by atoms with Crippen molar-refractivity contribution in [2.75, 3.05) is 20.8 Å². The molecule has 0 saturated carbocycles. The van der Waals surface area contributed by atoms with E-state index in [0.717, 1.165) is 11.1 Å². The number of rotatable bonds is 9. The van der Waals surface area contributed by atoms with Gasteiger partial charge in [0.2, 0.25) is 15.9 Å². The lowest BCUT2D eigenvalue weighted by Gasteiger charge is -2.19. The third-order valence-electron chi connectivity index (χ3n) is 4.61. The summed E-state index contributed by atoms with van der Waals surface area (Å²) >= 11 is 0. The number of ether oxygens (including phenoxy) is 2. The first kappa shape index (κ1) is 23.7. The minimum atomic E-state index is -3.66. The number of hydrogen-bond acceptors (Lipinski definition) is 5. The summed E-state index contributed by atoms with van der Waals surface area (Å²) in [7, 11) is -0.563. The van der Waals surface area contributed by atoms with Crippen LogP contribution >= 0.6 is 0 Å². The van der Waals surface area contributed by atoms with Crippen molar-refractivity contribution < 1.29 is 22.7 Å². The van der Waals surface area contributed by atoms with Gasteiger partial charge in [0.25, 0.3) is 0 Å². The summed E-state index contributed by atoms with van der Waals surface area (Å²) in [6.07, 6.45) is 0.0343. The highest BCUT2D eigenvalue weighted by Crippen LogP contribution is 2.27. The lowest BCUT2D eigenvalue weighted by atomic mass is 9.87. The Morgan fingerprint density at radius 2 is 1.60 bits per heavy atom. The normalized spacial score (nSPS) is 11.8. The van der Waals surface area contributed by atoms with E-state index >= 15 is 0 Å². The van der Waals surface area contributed by atoms with Crippen molar-refractivity contribution in [2.24, 2.45) is 0 Å². The van der Waals surface area contributed by atoms with Gasteiger partial charge in [-0.25, -0.2) is 13.1 Å². The fourth-order valence-electron chi connectivity index (χ4n) is 2.80. The van der Waals surface area contributed by atoms with Crippen molar-refractivity contribution in [2.45, 2.75) is 44.0 Å². The Balaban J connectivity index is 1.85. The summed E-state index contributed by atoms with van der Waals surface area (Å²) in [6, 6.07) is 12.2. The first-order valence-corrected chi connectivity index (χ1v) is 11.1. The van der Waals surface area contributed by atoms with Gasteiger partial charge in [-0.1, -0.05) is 39.0 Å². The maximum absolute atomic E-state index is 12.4. The van der Waals surface area contributed by atoms with Gasteiger partial charge >= 0.3 is 0 Å². The fourth-order valence-corrected chi connectivity index (χ4v) is 3.83. The van der Waals surface area contributed by atoms with E-state index in [0.29, 0.717) is 18.0 Å². The predicted molar refractivity (Wildman–Crippen MR) is 116 cm³/mol. The van der Waals surface area contributed by atoms with Crippen LogP contribution in [0.5, 0.6) is 11.5 Å². The van der Waals surface area contributed by atoms with Crippen molar-refractivity contribution in [3.8, 4) is 11.5 Å². The summed E-state index contributed by atoms with van der Waals surface area (Å²) in [4.78, 5) is 12.3. The maximum atomic E-state index is 12.4. The molecular weight excluding hydrogens is 404 g/mol. The number of nitrogens with one attached hydrogen (secondary N) is 2. The van der Waals surface area contributed by atoms with Gasteiger partial charge in [-0.15, -0.1) is 0 Å². The second-order valence-electron chi connectivity index (χ2n) is 7.89. The minimum Gasteiger partial charge on any atom is -0.493 e. The number of benzene rings is 2. The standard InChI is InChI=1S/C22H30N2O5S/c1-22(2,3)17-7-9-18(10-8-17)30(26,27)24-13-12-21(25)23-15-16-6-11-19(28-4)20(14-16)29-5/h6-11,14,24H,12-13,15H2,1-5H3,(H,23,25). The van der Waals surface area contributed by atoms with E-state index in [2.05, 4.69) is 30.8 Å². The van der Waals surface area contributed by atoms with Gasteiger partial charge in [-0.2, -0.15) is 0 Å². The van der Waals surface area contributed by atoms with Gasteiger partial charge in [-0.3, -0.25) is 4.79 Å². The molecule has 2 rings (SSSR count). The molecule has 2 aromatic carbocycles. The molecular formula is C22H30N2O5S. The van der Waals surface area contributed by atoms with E-state index in [1.165, 1.54) is 0 Å². The molecule has 0 heterocycles. The molecule has 164 valence electrons. The Morgan fingerprint density at radius 1 is 0.967 bits per heavy atom. The SMILES string of the molecule is COc1ccc(CNC(=O)CCNS(=O)(=O)c2ccc(C(C)(C)C)cc2)cc1OC. The monoisotopic (exact) mass is 434 g/mol. The van der Waals surface area contributed by atoms with Crippen LogP contribution in [0.1, 0.15) is 38.3 Å². The van der Waals surface area contributed by atoms with Crippen molar-refractivity contribution in [1.82, 2.24) is 10.0 Å². The molecule has 1 amide bonds.